The Labute approximate surface area is 533 Å². The number of amides is 1. The first kappa shape index (κ1) is 81.0. The molecular formula is C63H109NO26. The number of nitrogens with one attached hydrogen (secondary N) is 1. The first-order chi connectivity index (χ1) is 44.8. The standard InChI is InChI=1S/C63H109NO26/c65-10-12-68-14-16-70-18-20-72-22-24-74-26-28-76-30-32-78-34-36-80-38-40-82-42-44-84-46-48-86-50-52-88-54-56-89-55-53-87-51-49-85-47-45-83-43-41-81-39-37-79-35-33-77-31-29-75-27-25-73-23-21-71-19-17-69-15-13-67-11-9-64-63(66)90-57-62-60-7-3-1-5-58(60)59-6-2-4-8-61(59)62/h1-8,62,65H,9-57H2,(H,64,66). The molecule has 0 aliphatic heterocycles. The smallest absolute Gasteiger partial charge is 0.407 e. The van der Waals surface area contributed by atoms with E-state index in [0.717, 1.165) is 0 Å². The van der Waals surface area contributed by atoms with E-state index < -0.39 is 6.09 Å². The summed E-state index contributed by atoms with van der Waals surface area (Å²) >= 11 is 0. The Morgan fingerprint density at radius 3 is 0.644 bits per heavy atom. The Bertz CT molecular complexity index is 1770. The molecule has 90 heavy (non-hydrogen) atoms. The molecule has 2 aromatic carbocycles. The number of alkyl carbamates (subject to hydrolysis) is 1. The molecule has 522 valence electrons. The normalized spacial score (nSPS) is 12.1. The van der Waals surface area contributed by atoms with E-state index >= 15 is 0 Å². The number of hydrogen-bond donors (Lipinski definition) is 2. The summed E-state index contributed by atoms with van der Waals surface area (Å²) in [5.41, 5.74) is 4.75. The zero-order valence-electron chi connectivity index (χ0n) is 53.5. The molecule has 0 aromatic heterocycles. The number of aliphatic hydroxyl groups excluding tert-OH is 1. The first-order valence-corrected chi connectivity index (χ1v) is 31.8. The van der Waals surface area contributed by atoms with Crippen LogP contribution in [0.5, 0.6) is 0 Å². The molecule has 0 radical (unpaired) electrons. The third-order valence-corrected chi connectivity index (χ3v) is 12.3. The van der Waals surface area contributed by atoms with Crippen molar-refractivity contribution in [3.63, 3.8) is 0 Å². The average molecular weight is 1300 g/mol. The summed E-state index contributed by atoms with van der Waals surface area (Å²) in [5, 5.41) is 11.4. The molecule has 0 bridgehead atoms. The summed E-state index contributed by atoms with van der Waals surface area (Å²) in [6, 6.07) is 16.5. The van der Waals surface area contributed by atoms with Crippen LogP contribution in [0.4, 0.5) is 4.79 Å². The van der Waals surface area contributed by atoms with Gasteiger partial charge in [0.2, 0.25) is 0 Å². The molecule has 27 heteroatoms. The molecule has 2 N–H and O–H groups in total. The Morgan fingerprint density at radius 2 is 0.444 bits per heavy atom. The molecule has 1 amide bonds. The summed E-state index contributed by atoms with van der Waals surface area (Å²) < 4.78 is 132. The van der Waals surface area contributed by atoms with Crippen LogP contribution >= 0.6 is 0 Å². The number of hydrogen-bond acceptors (Lipinski definition) is 26. The molecule has 2 aromatic rings. The van der Waals surface area contributed by atoms with Gasteiger partial charge in [0.1, 0.15) is 6.61 Å². The Hall–Kier alpha value is -3.25. The van der Waals surface area contributed by atoms with Crippen LogP contribution in [0.3, 0.4) is 0 Å². The molecule has 0 spiro atoms. The van der Waals surface area contributed by atoms with Crippen LogP contribution in [-0.4, -0.2) is 335 Å². The number of rotatable bonds is 73. The Kier molecular flexibility index (Phi) is 59.2. The zero-order chi connectivity index (χ0) is 63.4. The van der Waals surface area contributed by atoms with Crippen molar-refractivity contribution >= 4 is 6.09 Å². The Morgan fingerprint density at radius 1 is 0.267 bits per heavy atom. The number of aliphatic hydroxyl groups is 1. The van der Waals surface area contributed by atoms with Gasteiger partial charge in [-0.3, -0.25) is 0 Å². The maximum absolute atomic E-state index is 12.3. The summed E-state index contributed by atoms with van der Waals surface area (Å²) in [6.45, 7) is 22.3. The van der Waals surface area contributed by atoms with Crippen molar-refractivity contribution < 1.29 is 124 Å². The molecule has 0 saturated heterocycles. The van der Waals surface area contributed by atoms with Gasteiger partial charge in [0, 0.05) is 12.5 Å². The Balaban J connectivity index is 0.852. The third kappa shape index (κ3) is 50.3. The molecular weight excluding hydrogens is 1190 g/mol. The minimum absolute atomic E-state index is 0.0166. The second-order valence-corrected chi connectivity index (χ2v) is 19.1. The van der Waals surface area contributed by atoms with Gasteiger partial charge in [-0.1, -0.05) is 48.5 Å². The molecule has 0 atom stereocenters. The molecule has 1 aliphatic carbocycles. The predicted octanol–water partition coefficient (Wildman–Crippen LogP) is 2.90. The fraction of sp³-hybridized carbons (Fsp3) is 0.794. The van der Waals surface area contributed by atoms with Crippen LogP contribution in [0.15, 0.2) is 48.5 Å². The van der Waals surface area contributed by atoms with Crippen molar-refractivity contribution in [3.05, 3.63) is 59.7 Å². The van der Waals surface area contributed by atoms with Crippen molar-refractivity contribution in [1.82, 2.24) is 5.32 Å². The zero-order valence-corrected chi connectivity index (χ0v) is 53.5. The number of carbonyl (C=O) groups is 1. The van der Waals surface area contributed by atoms with Gasteiger partial charge < -0.3 is 124 Å². The lowest BCUT2D eigenvalue weighted by atomic mass is 9.98. The lowest BCUT2D eigenvalue weighted by Gasteiger charge is -2.14. The predicted molar refractivity (Wildman–Crippen MR) is 329 cm³/mol. The van der Waals surface area contributed by atoms with Crippen LogP contribution in [0.25, 0.3) is 11.1 Å². The van der Waals surface area contributed by atoms with Gasteiger partial charge in [-0.05, 0) is 22.3 Å². The number of carbonyl (C=O) groups excluding carboxylic acids is 1. The number of benzene rings is 2. The molecule has 0 saturated carbocycles. The lowest BCUT2D eigenvalue weighted by molar-refractivity contribution is -0.0319. The summed E-state index contributed by atoms with van der Waals surface area (Å²) in [4.78, 5) is 12.3. The average Bonchev–Trinajstić information content (AvgIpc) is 1.86. The van der Waals surface area contributed by atoms with E-state index in [4.69, 9.17) is 119 Å². The molecule has 0 unspecified atom stereocenters. The van der Waals surface area contributed by atoms with Crippen LogP contribution in [0, 0.1) is 0 Å². The number of ether oxygens (including phenoxy) is 24. The highest BCUT2D eigenvalue weighted by Gasteiger charge is 2.29. The topological polar surface area (TPSA) is 271 Å². The van der Waals surface area contributed by atoms with E-state index in [1.165, 1.54) is 22.3 Å². The molecule has 0 fully saturated rings. The van der Waals surface area contributed by atoms with E-state index in [2.05, 4.69) is 29.6 Å². The van der Waals surface area contributed by atoms with Gasteiger partial charge in [0.15, 0.2) is 0 Å². The van der Waals surface area contributed by atoms with Gasteiger partial charge in [-0.25, -0.2) is 4.79 Å². The van der Waals surface area contributed by atoms with Gasteiger partial charge in [0.05, 0.1) is 311 Å². The highest BCUT2D eigenvalue weighted by atomic mass is 16.6. The van der Waals surface area contributed by atoms with E-state index in [1.54, 1.807) is 0 Å². The number of fused-ring (bicyclic) bond motifs is 3. The first-order valence-electron chi connectivity index (χ1n) is 31.8. The third-order valence-electron chi connectivity index (χ3n) is 12.3. The van der Waals surface area contributed by atoms with E-state index in [-0.39, 0.29) is 19.1 Å². The monoisotopic (exact) mass is 1300 g/mol. The van der Waals surface area contributed by atoms with Crippen molar-refractivity contribution in [2.45, 2.75) is 5.92 Å². The second kappa shape index (κ2) is 65.8. The van der Waals surface area contributed by atoms with Crippen molar-refractivity contribution in [2.24, 2.45) is 0 Å². The van der Waals surface area contributed by atoms with Crippen molar-refractivity contribution in [1.29, 1.82) is 0 Å². The molecule has 0 heterocycles. The fourth-order valence-electron chi connectivity index (χ4n) is 7.88. The van der Waals surface area contributed by atoms with Crippen LogP contribution in [-0.2, 0) is 114 Å². The summed E-state index contributed by atoms with van der Waals surface area (Å²) in [6.07, 6.45) is -0.459. The van der Waals surface area contributed by atoms with Crippen molar-refractivity contribution in [3.8, 4) is 11.1 Å². The van der Waals surface area contributed by atoms with Gasteiger partial charge in [-0.2, -0.15) is 0 Å². The van der Waals surface area contributed by atoms with Gasteiger partial charge >= 0.3 is 6.09 Å². The maximum atomic E-state index is 12.3. The highest BCUT2D eigenvalue weighted by Crippen LogP contribution is 2.44. The second-order valence-electron chi connectivity index (χ2n) is 19.1. The van der Waals surface area contributed by atoms with Crippen LogP contribution in [0.1, 0.15) is 17.0 Å². The van der Waals surface area contributed by atoms with Gasteiger partial charge in [-0.15, -0.1) is 0 Å². The summed E-state index contributed by atoms with van der Waals surface area (Å²) in [7, 11) is 0. The lowest BCUT2D eigenvalue weighted by Crippen LogP contribution is -2.29. The largest absolute Gasteiger partial charge is 0.449 e. The molecule has 3 rings (SSSR count). The minimum Gasteiger partial charge on any atom is -0.449 e. The van der Waals surface area contributed by atoms with E-state index in [1.807, 2.05) is 24.3 Å². The molecule has 27 nitrogen and oxygen atoms in total. The summed E-state index contributed by atoms with van der Waals surface area (Å²) in [5.74, 6) is 0.0270. The minimum atomic E-state index is -0.459. The maximum Gasteiger partial charge on any atom is 0.407 e. The highest BCUT2D eigenvalue weighted by molar-refractivity contribution is 5.79. The van der Waals surface area contributed by atoms with E-state index in [9.17, 15) is 4.79 Å². The van der Waals surface area contributed by atoms with E-state index in [0.29, 0.717) is 310 Å². The van der Waals surface area contributed by atoms with Crippen molar-refractivity contribution in [2.75, 3.05) is 324 Å². The molecule has 1 aliphatic rings. The quantitative estimate of drug-likeness (QED) is 0.0902. The SMILES string of the molecule is O=C(NCCOCCOCCOCCOCCOCCOCCOCCOCCOCCOCCOCCOCCOCCOCCOCCOCCOCCOCCOCCOCCOCCOCCOCCO)OCC1c2ccccc2-c2ccccc21. The fourth-order valence-corrected chi connectivity index (χ4v) is 7.88. The van der Waals surface area contributed by atoms with Gasteiger partial charge in [0.25, 0.3) is 0 Å². The van der Waals surface area contributed by atoms with Crippen LogP contribution < -0.4 is 5.32 Å². The van der Waals surface area contributed by atoms with Crippen LogP contribution in [0.2, 0.25) is 0 Å².